The van der Waals surface area contributed by atoms with Crippen molar-refractivity contribution in [2.24, 2.45) is 0 Å². The van der Waals surface area contributed by atoms with Gasteiger partial charge in [0, 0.05) is 0 Å². The first kappa shape index (κ1) is 15.0. The Labute approximate surface area is 119 Å². The van der Waals surface area contributed by atoms with Crippen LogP contribution in [0.2, 0.25) is 0 Å². The lowest BCUT2D eigenvalue weighted by atomic mass is 10.1. The summed E-state index contributed by atoms with van der Waals surface area (Å²) in [7, 11) is -3.46. The summed E-state index contributed by atoms with van der Waals surface area (Å²) >= 11 is 0.631. The van der Waals surface area contributed by atoms with Crippen LogP contribution in [0, 0.1) is 6.92 Å². The fraction of sp³-hybridized carbons (Fsp3) is 0.333. The molecule has 8 heteroatoms. The van der Waals surface area contributed by atoms with Gasteiger partial charge in [-0.3, -0.25) is 0 Å². The summed E-state index contributed by atoms with van der Waals surface area (Å²) in [6.07, 6.45) is -2.72. The predicted molar refractivity (Wildman–Crippen MR) is 72.4 cm³/mol. The van der Waals surface area contributed by atoms with Crippen molar-refractivity contribution in [2.75, 3.05) is 0 Å². The van der Waals surface area contributed by atoms with E-state index in [0.717, 1.165) is 5.56 Å². The van der Waals surface area contributed by atoms with Crippen molar-refractivity contribution >= 4 is 21.2 Å². The molecule has 0 spiro atoms. The highest BCUT2D eigenvalue weighted by Gasteiger charge is 2.20. The number of hydrogen-bond donors (Lipinski definition) is 0. The minimum absolute atomic E-state index is 0.0916. The van der Waals surface area contributed by atoms with E-state index in [-0.39, 0.29) is 16.5 Å². The van der Waals surface area contributed by atoms with E-state index in [1.165, 1.54) is 0 Å². The minimum Gasteiger partial charge on any atom is -0.228 e. The lowest BCUT2D eigenvalue weighted by Gasteiger charge is -2.05. The summed E-state index contributed by atoms with van der Waals surface area (Å²) in [5.41, 5.74) is 1.58. The van der Waals surface area contributed by atoms with Crippen molar-refractivity contribution in [3.05, 3.63) is 45.4 Å². The molecule has 0 atom stereocenters. The molecule has 0 bridgehead atoms. The summed E-state index contributed by atoms with van der Waals surface area (Å²) < 4.78 is 48.8. The van der Waals surface area contributed by atoms with Crippen LogP contribution >= 0.6 is 11.3 Å². The summed E-state index contributed by atoms with van der Waals surface area (Å²) in [5, 5.41) is 6.41. The highest BCUT2D eigenvalue weighted by molar-refractivity contribution is 7.90. The molecule has 1 heterocycles. The van der Waals surface area contributed by atoms with Crippen molar-refractivity contribution < 1.29 is 17.2 Å². The van der Waals surface area contributed by atoms with E-state index in [4.69, 9.17) is 0 Å². The Morgan fingerprint density at radius 3 is 2.50 bits per heavy atom. The van der Waals surface area contributed by atoms with Gasteiger partial charge in [-0.05, 0) is 18.1 Å². The average Bonchev–Trinajstić information content (AvgIpc) is 2.79. The molecule has 1 aromatic carbocycles. The third-order valence-electron chi connectivity index (χ3n) is 2.65. The molecule has 0 unspecified atom stereocenters. The third-order valence-corrected chi connectivity index (χ3v) is 5.23. The van der Waals surface area contributed by atoms with Crippen LogP contribution in [0.4, 0.5) is 8.78 Å². The monoisotopic (exact) mass is 318 g/mol. The van der Waals surface area contributed by atoms with Gasteiger partial charge in [0.15, 0.2) is 14.8 Å². The Balaban J connectivity index is 2.13. The molecule has 4 nitrogen and oxygen atoms in total. The fourth-order valence-corrected chi connectivity index (χ4v) is 4.26. The molecule has 0 aliphatic rings. The summed E-state index contributed by atoms with van der Waals surface area (Å²) in [4.78, 5) is 0. The number of alkyl halides is 2. The number of aromatic nitrogens is 2. The van der Waals surface area contributed by atoms with E-state index in [1.807, 2.05) is 19.1 Å². The molecule has 0 amide bonds. The second-order valence-electron chi connectivity index (χ2n) is 4.29. The molecule has 0 fully saturated rings. The van der Waals surface area contributed by atoms with Crippen LogP contribution in [-0.2, 0) is 21.3 Å². The van der Waals surface area contributed by atoms with Gasteiger partial charge in [0.1, 0.15) is 10.8 Å². The molecule has 108 valence electrons. The highest BCUT2D eigenvalue weighted by atomic mass is 32.2. The smallest absolute Gasteiger partial charge is 0.228 e. The van der Waals surface area contributed by atoms with Gasteiger partial charge >= 0.3 is 0 Å². The molecule has 1 aromatic heterocycles. The first-order valence-electron chi connectivity index (χ1n) is 5.73. The second-order valence-corrected chi connectivity index (χ2v) is 7.45. The largest absolute Gasteiger partial charge is 0.291 e. The Bertz CT molecular complexity index is 699. The maximum atomic E-state index is 12.4. The number of hydrogen-bond acceptors (Lipinski definition) is 5. The van der Waals surface area contributed by atoms with Crippen LogP contribution in [0.25, 0.3) is 0 Å². The quantitative estimate of drug-likeness (QED) is 0.850. The van der Waals surface area contributed by atoms with Gasteiger partial charge in [-0.25, -0.2) is 17.2 Å². The van der Waals surface area contributed by atoms with Gasteiger partial charge in [-0.2, -0.15) is 0 Å². The zero-order valence-corrected chi connectivity index (χ0v) is 12.2. The number of halogens is 2. The fourth-order valence-electron chi connectivity index (χ4n) is 1.66. The summed E-state index contributed by atoms with van der Waals surface area (Å²) in [6.45, 7) is 1.82. The first-order chi connectivity index (χ1) is 9.37. The van der Waals surface area contributed by atoms with Crippen molar-refractivity contribution in [1.29, 1.82) is 0 Å². The number of nitrogens with zero attached hydrogens (tertiary/aromatic N) is 2. The Morgan fingerprint density at radius 1 is 1.20 bits per heavy atom. The average molecular weight is 318 g/mol. The number of benzene rings is 1. The Kier molecular flexibility index (Phi) is 4.44. The molecule has 0 saturated carbocycles. The third kappa shape index (κ3) is 3.80. The summed E-state index contributed by atoms with van der Waals surface area (Å²) in [5.74, 6) is -0.505. The van der Waals surface area contributed by atoms with Gasteiger partial charge in [0.25, 0.3) is 6.43 Å². The van der Waals surface area contributed by atoms with E-state index in [9.17, 15) is 17.2 Å². The van der Waals surface area contributed by atoms with Gasteiger partial charge in [0.2, 0.25) is 0 Å². The van der Waals surface area contributed by atoms with Crippen molar-refractivity contribution in [1.82, 2.24) is 10.2 Å². The topological polar surface area (TPSA) is 59.9 Å². The van der Waals surface area contributed by atoms with E-state index >= 15 is 0 Å². The molecule has 2 aromatic rings. The van der Waals surface area contributed by atoms with Crippen molar-refractivity contribution in [3.8, 4) is 0 Å². The SMILES string of the molecule is Cc1ccccc1CS(=O)(=O)Cc1nnc(C(F)F)s1. The number of aryl methyl sites for hydroxylation is 1. The number of rotatable bonds is 5. The van der Waals surface area contributed by atoms with E-state index in [2.05, 4.69) is 10.2 Å². The van der Waals surface area contributed by atoms with Crippen LogP contribution in [0.3, 0.4) is 0 Å². The molecule has 0 aliphatic carbocycles. The van der Waals surface area contributed by atoms with Crippen molar-refractivity contribution in [3.63, 3.8) is 0 Å². The second kappa shape index (κ2) is 5.92. The Morgan fingerprint density at radius 2 is 1.90 bits per heavy atom. The first-order valence-corrected chi connectivity index (χ1v) is 8.36. The lowest BCUT2D eigenvalue weighted by molar-refractivity contribution is 0.150. The predicted octanol–water partition coefficient (Wildman–Crippen LogP) is 2.90. The molecule has 0 radical (unpaired) electrons. The van der Waals surface area contributed by atoms with Gasteiger partial charge in [0.05, 0.1) is 5.75 Å². The number of sulfone groups is 1. The zero-order valence-electron chi connectivity index (χ0n) is 10.6. The molecular weight excluding hydrogens is 306 g/mol. The highest BCUT2D eigenvalue weighted by Crippen LogP contribution is 2.24. The standard InChI is InChI=1S/C12H12F2N2O2S2/c1-8-4-2-3-5-9(8)6-20(17,18)7-10-15-16-12(19-10)11(13)14/h2-5,11H,6-7H2,1H3. The van der Waals surface area contributed by atoms with Crippen LogP contribution in [0.1, 0.15) is 27.6 Å². The van der Waals surface area contributed by atoms with Crippen LogP contribution in [0.5, 0.6) is 0 Å². The molecule has 20 heavy (non-hydrogen) atoms. The van der Waals surface area contributed by atoms with Gasteiger partial charge < -0.3 is 0 Å². The van der Waals surface area contributed by atoms with E-state index in [1.54, 1.807) is 12.1 Å². The molecule has 0 N–H and O–H groups in total. The van der Waals surface area contributed by atoms with Crippen molar-refractivity contribution in [2.45, 2.75) is 24.9 Å². The summed E-state index contributed by atoms with van der Waals surface area (Å²) in [6, 6.07) is 7.14. The van der Waals surface area contributed by atoms with Gasteiger partial charge in [-0.1, -0.05) is 35.6 Å². The van der Waals surface area contributed by atoms with Crippen LogP contribution in [-0.4, -0.2) is 18.6 Å². The maximum absolute atomic E-state index is 12.4. The van der Waals surface area contributed by atoms with E-state index < -0.39 is 21.3 Å². The molecule has 0 saturated heterocycles. The molecular formula is C12H12F2N2O2S2. The maximum Gasteiger partial charge on any atom is 0.291 e. The minimum atomic E-state index is -3.46. The van der Waals surface area contributed by atoms with Crippen LogP contribution in [0.15, 0.2) is 24.3 Å². The van der Waals surface area contributed by atoms with Gasteiger partial charge in [-0.15, -0.1) is 10.2 Å². The van der Waals surface area contributed by atoms with E-state index in [0.29, 0.717) is 16.9 Å². The normalized spacial score (nSPS) is 12.0. The Hall–Kier alpha value is -1.41. The molecule has 0 aliphatic heterocycles. The zero-order chi connectivity index (χ0) is 14.8. The molecule has 2 rings (SSSR count). The van der Waals surface area contributed by atoms with Crippen LogP contribution < -0.4 is 0 Å². The lowest BCUT2D eigenvalue weighted by Crippen LogP contribution is -2.08.